The number of carbonyl (C=O) groups excluding carboxylic acids is 1. The van der Waals surface area contributed by atoms with Gasteiger partial charge in [0.25, 0.3) is 0 Å². The van der Waals surface area contributed by atoms with Crippen molar-refractivity contribution in [2.45, 2.75) is 18.5 Å². The van der Waals surface area contributed by atoms with Crippen molar-refractivity contribution < 1.29 is 14.3 Å². The van der Waals surface area contributed by atoms with Crippen molar-refractivity contribution in [3.05, 3.63) is 53.9 Å². The van der Waals surface area contributed by atoms with Crippen molar-refractivity contribution in [1.82, 2.24) is 15.3 Å². The summed E-state index contributed by atoms with van der Waals surface area (Å²) in [5.41, 5.74) is 1.83. The Hall–Kier alpha value is -2.80. The van der Waals surface area contributed by atoms with Gasteiger partial charge in [0.2, 0.25) is 5.91 Å². The van der Waals surface area contributed by atoms with Gasteiger partial charge in [-0.1, -0.05) is 36.0 Å². The zero-order valence-corrected chi connectivity index (χ0v) is 16.3. The number of carbonyl (C=O) groups is 1. The fourth-order valence-corrected chi connectivity index (χ4v) is 3.54. The fourth-order valence-electron chi connectivity index (χ4n) is 2.64. The van der Waals surface area contributed by atoms with Crippen LogP contribution in [0.2, 0.25) is 0 Å². The number of aryl methyl sites for hydroxylation is 1. The number of para-hydroxylation sites is 1. The van der Waals surface area contributed by atoms with Crippen molar-refractivity contribution in [3.8, 4) is 11.5 Å². The lowest BCUT2D eigenvalue weighted by Gasteiger charge is -2.10. The summed E-state index contributed by atoms with van der Waals surface area (Å²) in [6.45, 7) is 2.27. The molecule has 1 heterocycles. The third-order valence-electron chi connectivity index (χ3n) is 3.96. The van der Waals surface area contributed by atoms with Crippen LogP contribution < -0.4 is 14.8 Å². The molecule has 0 radical (unpaired) electrons. The molecule has 2 aromatic carbocycles. The molecule has 7 heteroatoms. The molecule has 3 aromatic rings. The number of thioether (sulfide) groups is 1. The molecule has 0 saturated heterocycles. The number of benzene rings is 2. The van der Waals surface area contributed by atoms with Crippen LogP contribution in [0.3, 0.4) is 0 Å². The first-order valence-corrected chi connectivity index (χ1v) is 9.43. The highest BCUT2D eigenvalue weighted by molar-refractivity contribution is 8.00. The van der Waals surface area contributed by atoms with Crippen molar-refractivity contribution in [2.24, 2.45) is 0 Å². The first kappa shape index (κ1) is 19.0. The molecule has 1 N–H and O–H groups in total. The van der Waals surface area contributed by atoms with Crippen molar-refractivity contribution in [3.63, 3.8) is 0 Å². The van der Waals surface area contributed by atoms with Gasteiger partial charge >= 0.3 is 0 Å². The van der Waals surface area contributed by atoms with Crippen LogP contribution in [-0.4, -0.2) is 35.8 Å². The van der Waals surface area contributed by atoms with E-state index in [1.54, 1.807) is 14.2 Å². The molecule has 0 aliphatic heterocycles. The van der Waals surface area contributed by atoms with Gasteiger partial charge in [-0.05, 0) is 30.7 Å². The Labute approximate surface area is 162 Å². The van der Waals surface area contributed by atoms with Crippen LogP contribution in [0, 0.1) is 6.92 Å². The Kier molecular flexibility index (Phi) is 6.13. The summed E-state index contributed by atoms with van der Waals surface area (Å²) < 4.78 is 10.5. The first-order valence-electron chi connectivity index (χ1n) is 8.44. The molecule has 1 aromatic heterocycles. The van der Waals surface area contributed by atoms with E-state index in [0.717, 1.165) is 21.5 Å². The first-order chi connectivity index (χ1) is 13.1. The summed E-state index contributed by atoms with van der Waals surface area (Å²) in [5.74, 6) is 2.22. The smallest absolute Gasteiger partial charge is 0.230 e. The lowest BCUT2D eigenvalue weighted by atomic mass is 10.2. The topological polar surface area (TPSA) is 73.3 Å². The average molecular weight is 383 g/mol. The summed E-state index contributed by atoms with van der Waals surface area (Å²) in [7, 11) is 3.18. The molecular weight excluding hydrogens is 362 g/mol. The van der Waals surface area contributed by atoms with Gasteiger partial charge in [0.15, 0.2) is 11.5 Å². The summed E-state index contributed by atoms with van der Waals surface area (Å²) in [4.78, 5) is 21.2. The Morgan fingerprint density at radius 3 is 2.63 bits per heavy atom. The van der Waals surface area contributed by atoms with Gasteiger partial charge in [-0.3, -0.25) is 4.79 Å². The summed E-state index contributed by atoms with van der Waals surface area (Å²) in [6, 6.07) is 13.4. The van der Waals surface area contributed by atoms with Crippen molar-refractivity contribution >= 4 is 28.6 Å². The number of fused-ring (bicyclic) bond motifs is 1. The largest absolute Gasteiger partial charge is 0.493 e. The molecule has 0 atom stereocenters. The number of aromatic nitrogens is 2. The Morgan fingerprint density at radius 1 is 1.07 bits per heavy atom. The molecule has 140 valence electrons. The summed E-state index contributed by atoms with van der Waals surface area (Å²) in [6.07, 6.45) is 0. The van der Waals surface area contributed by atoms with Gasteiger partial charge in [0, 0.05) is 11.9 Å². The lowest BCUT2D eigenvalue weighted by molar-refractivity contribution is -0.118. The molecule has 0 fully saturated rings. The van der Waals surface area contributed by atoms with Crippen LogP contribution >= 0.6 is 11.8 Å². The van der Waals surface area contributed by atoms with Gasteiger partial charge in [-0.15, -0.1) is 0 Å². The van der Waals surface area contributed by atoms with Crippen LogP contribution in [0.25, 0.3) is 10.9 Å². The fraction of sp³-hybridized carbons (Fsp3) is 0.250. The zero-order valence-electron chi connectivity index (χ0n) is 15.5. The summed E-state index contributed by atoms with van der Waals surface area (Å²) >= 11 is 1.41. The Balaban J connectivity index is 1.61. The van der Waals surface area contributed by atoms with E-state index >= 15 is 0 Å². The van der Waals surface area contributed by atoms with Crippen molar-refractivity contribution in [2.75, 3.05) is 20.0 Å². The predicted octanol–water partition coefficient (Wildman–Crippen LogP) is 3.36. The highest BCUT2D eigenvalue weighted by atomic mass is 32.2. The number of hydrogen-bond donors (Lipinski definition) is 1. The van der Waals surface area contributed by atoms with Crippen LogP contribution in [0.15, 0.2) is 47.5 Å². The highest BCUT2D eigenvalue weighted by Gasteiger charge is 2.10. The molecule has 6 nitrogen and oxygen atoms in total. The van der Waals surface area contributed by atoms with Crippen LogP contribution in [0.4, 0.5) is 0 Å². The van der Waals surface area contributed by atoms with Crippen molar-refractivity contribution in [1.29, 1.82) is 0 Å². The lowest BCUT2D eigenvalue weighted by Crippen LogP contribution is -2.24. The van der Waals surface area contributed by atoms with E-state index in [2.05, 4.69) is 15.3 Å². The molecular formula is C20H21N3O3S. The zero-order chi connectivity index (χ0) is 19.2. The molecule has 0 unspecified atom stereocenters. The number of hydrogen-bond acceptors (Lipinski definition) is 6. The number of rotatable bonds is 7. The van der Waals surface area contributed by atoms with Gasteiger partial charge < -0.3 is 14.8 Å². The monoisotopic (exact) mass is 383 g/mol. The normalized spacial score (nSPS) is 10.6. The van der Waals surface area contributed by atoms with E-state index in [0.29, 0.717) is 23.9 Å². The Morgan fingerprint density at radius 2 is 1.85 bits per heavy atom. The average Bonchev–Trinajstić information content (AvgIpc) is 2.70. The Bertz CT molecular complexity index is 962. The summed E-state index contributed by atoms with van der Waals surface area (Å²) in [5, 5.41) is 4.70. The van der Waals surface area contributed by atoms with Gasteiger partial charge in [-0.2, -0.15) is 0 Å². The minimum Gasteiger partial charge on any atom is -0.493 e. The maximum absolute atomic E-state index is 12.3. The third-order valence-corrected chi connectivity index (χ3v) is 4.95. The van der Waals surface area contributed by atoms with E-state index in [-0.39, 0.29) is 11.7 Å². The van der Waals surface area contributed by atoms with Crippen LogP contribution in [0.1, 0.15) is 11.4 Å². The molecule has 0 spiro atoms. The van der Waals surface area contributed by atoms with E-state index in [1.165, 1.54) is 11.8 Å². The van der Waals surface area contributed by atoms with E-state index < -0.39 is 0 Å². The third kappa shape index (κ3) is 4.68. The van der Waals surface area contributed by atoms with Crippen LogP contribution in [-0.2, 0) is 11.3 Å². The predicted molar refractivity (Wildman–Crippen MR) is 106 cm³/mol. The van der Waals surface area contributed by atoms with E-state index in [4.69, 9.17) is 9.47 Å². The molecule has 1 amide bonds. The molecule has 0 bridgehead atoms. The van der Waals surface area contributed by atoms with Gasteiger partial charge in [0.05, 0.1) is 25.5 Å². The van der Waals surface area contributed by atoms with E-state index in [1.807, 2.05) is 49.4 Å². The molecule has 0 aliphatic rings. The van der Waals surface area contributed by atoms with Crippen LogP contribution in [0.5, 0.6) is 11.5 Å². The second kappa shape index (κ2) is 8.73. The number of ether oxygens (including phenoxy) is 2. The number of methoxy groups -OCH3 is 2. The second-order valence-corrected chi connectivity index (χ2v) is 6.81. The standard InChI is InChI=1S/C20H21N3O3S/c1-13-22-16-7-5-4-6-15(16)20(23-13)27-12-19(24)21-11-14-8-9-17(25-2)18(10-14)26-3/h4-10H,11-12H2,1-3H3,(H,21,24). The molecule has 0 saturated carbocycles. The molecule has 27 heavy (non-hydrogen) atoms. The number of nitrogens with one attached hydrogen (secondary N) is 1. The molecule has 0 aliphatic carbocycles. The number of nitrogens with zero attached hydrogens (tertiary/aromatic N) is 2. The molecule has 3 rings (SSSR count). The minimum absolute atomic E-state index is 0.0601. The van der Waals surface area contributed by atoms with Gasteiger partial charge in [0.1, 0.15) is 10.9 Å². The quantitative estimate of drug-likeness (QED) is 0.498. The highest BCUT2D eigenvalue weighted by Crippen LogP contribution is 2.28. The number of amides is 1. The minimum atomic E-state index is -0.0601. The maximum Gasteiger partial charge on any atom is 0.230 e. The second-order valence-electron chi connectivity index (χ2n) is 5.85. The maximum atomic E-state index is 12.3. The SMILES string of the molecule is COc1ccc(CNC(=O)CSc2nc(C)nc3ccccc23)cc1OC. The van der Waals surface area contributed by atoms with E-state index in [9.17, 15) is 4.79 Å². The van der Waals surface area contributed by atoms with Gasteiger partial charge in [-0.25, -0.2) is 9.97 Å².